The van der Waals surface area contributed by atoms with Gasteiger partial charge in [0.1, 0.15) is 24.4 Å². The van der Waals surface area contributed by atoms with Crippen LogP contribution in [0.4, 0.5) is 8.78 Å². The molecule has 8 heteroatoms. The number of hydrogen-bond donors (Lipinski definition) is 1. The molecular formula is C25H23F2N3O3. The lowest BCUT2D eigenvalue weighted by molar-refractivity contribution is -0.0498. The second kappa shape index (κ2) is 9.68. The van der Waals surface area contributed by atoms with Gasteiger partial charge in [-0.25, -0.2) is 4.98 Å². The average Bonchev–Trinajstić information content (AvgIpc) is 3.21. The summed E-state index contributed by atoms with van der Waals surface area (Å²) in [4.78, 5) is 16.7. The maximum absolute atomic E-state index is 12.2. The van der Waals surface area contributed by atoms with Crippen molar-refractivity contribution < 1.29 is 23.0 Å². The van der Waals surface area contributed by atoms with Crippen molar-refractivity contribution in [2.45, 2.75) is 33.1 Å². The minimum atomic E-state index is -2.84. The summed E-state index contributed by atoms with van der Waals surface area (Å²) >= 11 is 0. The topological polar surface area (TPSA) is 65.4 Å². The summed E-state index contributed by atoms with van der Waals surface area (Å²) < 4.78 is 36.5. The monoisotopic (exact) mass is 451 g/mol. The molecule has 0 saturated heterocycles. The van der Waals surface area contributed by atoms with Gasteiger partial charge < -0.3 is 14.8 Å². The molecule has 0 unspecified atom stereocenters. The molecule has 4 rings (SSSR count). The zero-order valence-electron chi connectivity index (χ0n) is 18.2. The van der Waals surface area contributed by atoms with E-state index in [-0.39, 0.29) is 17.7 Å². The Labute approximate surface area is 189 Å². The number of alkyl halides is 2. The van der Waals surface area contributed by atoms with Crippen LogP contribution in [0, 0.1) is 0 Å². The highest BCUT2D eigenvalue weighted by Crippen LogP contribution is 2.23. The van der Waals surface area contributed by atoms with Crippen LogP contribution in [0.1, 0.15) is 29.8 Å². The predicted octanol–water partition coefficient (Wildman–Crippen LogP) is 5.34. The van der Waals surface area contributed by atoms with E-state index in [4.69, 9.17) is 4.74 Å². The summed E-state index contributed by atoms with van der Waals surface area (Å²) in [5.41, 5.74) is 3.91. The number of halogens is 2. The van der Waals surface area contributed by atoms with Gasteiger partial charge >= 0.3 is 6.61 Å². The fourth-order valence-corrected chi connectivity index (χ4v) is 3.34. The Balaban J connectivity index is 1.43. The van der Waals surface area contributed by atoms with E-state index < -0.39 is 6.61 Å². The zero-order valence-corrected chi connectivity index (χ0v) is 18.2. The molecule has 1 aromatic heterocycles. The van der Waals surface area contributed by atoms with Gasteiger partial charge in [-0.3, -0.25) is 9.36 Å². The third-order valence-corrected chi connectivity index (χ3v) is 4.90. The van der Waals surface area contributed by atoms with Gasteiger partial charge in [0.2, 0.25) is 0 Å². The van der Waals surface area contributed by atoms with E-state index in [1.54, 1.807) is 30.6 Å². The Kier molecular flexibility index (Phi) is 6.53. The molecule has 0 bridgehead atoms. The molecule has 0 fully saturated rings. The number of nitrogens with one attached hydrogen (secondary N) is 1. The highest BCUT2D eigenvalue weighted by atomic mass is 19.3. The maximum atomic E-state index is 12.2. The van der Waals surface area contributed by atoms with Crippen LogP contribution in [0.15, 0.2) is 73.1 Å². The van der Waals surface area contributed by atoms with Crippen molar-refractivity contribution in [3.63, 3.8) is 0 Å². The molecule has 0 saturated carbocycles. The number of carbonyl (C=O) groups excluding carboxylic acids is 1. The Bertz CT molecular complexity index is 1240. The summed E-state index contributed by atoms with van der Waals surface area (Å²) in [7, 11) is 0. The summed E-state index contributed by atoms with van der Waals surface area (Å²) in [6, 6.07) is 19.3. The molecule has 4 aromatic rings. The maximum Gasteiger partial charge on any atom is 0.387 e. The molecule has 1 amide bonds. The lowest BCUT2D eigenvalue weighted by Gasteiger charge is -2.10. The molecule has 0 aliphatic heterocycles. The number of nitrogens with zero attached hydrogens (tertiary/aromatic N) is 2. The van der Waals surface area contributed by atoms with Gasteiger partial charge in [-0.1, -0.05) is 12.1 Å². The zero-order chi connectivity index (χ0) is 23.4. The number of hydrogen-bond acceptors (Lipinski definition) is 4. The van der Waals surface area contributed by atoms with Crippen molar-refractivity contribution >= 4 is 16.9 Å². The van der Waals surface area contributed by atoms with Crippen LogP contribution in [0.5, 0.6) is 11.5 Å². The van der Waals surface area contributed by atoms with Crippen LogP contribution in [-0.4, -0.2) is 28.1 Å². The molecule has 1 N–H and O–H groups in total. The first-order valence-electron chi connectivity index (χ1n) is 10.4. The Morgan fingerprint density at radius 2 is 1.70 bits per heavy atom. The number of fused-ring (bicyclic) bond motifs is 1. The van der Waals surface area contributed by atoms with Crippen LogP contribution in [-0.2, 0) is 6.61 Å². The van der Waals surface area contributed by atoms with Crippen molar-refractivity contribution in [2.24, 2.45) is 0 Å². The summed E-state index contributed by atoms with van der Waals surface area (Å²) in [5.74, 6) is 0.654. The smallest absolute Gasteiger partial charge is 0.387 e. The van der Waals surface area contributed by atoms with Crippen molar-refractivity contribution in [1.82, 2.24) is 14.9 Å². The lowest BCUT2D eigenvalue weighted by atomic mass is 10.1. The molecule has 0 radical (unpaired) electrons. The standard InChI is InChI=1S/C25H23F2N3O3/c1-16(2)29-24(31)18-5-12-23-22(13-18)28-15-30(23)19-6-10-20(11-7-19)32-14-17-3-8-21(9-4-17)33-25(26)27/h3-13,15-16,25H,14H2,1-2H3,(H,29,31). The van der Waals surface area contributed by atoms with Gasteiger partial charge in [-0.05, 0) is 74.0 Å². The van der Waals surface area contributed by atoms with Crippen molar-refractivity contribution in [3.8, 4) is 17.2 Å². The number of ether oxygens (including phenoxy) is 2. The summed E-state index contributed by atoms with van der Waals surface area (Å²) in [6.45, 7) is 1.29. The van der Waals surface area contributed by atoms with Crippen LogP contribution in [0.3, 0.4) is 0 Å². The molecule has 1 heterocycles. The summed E-state index contributed by atoms with van der Waals surface area (Å²) in [5, 5.41) is 2.88. The molecule has 3 aromatic carbocycles. The summed E-state index contributed by atoms with van der Waals surface area (Å²) in [6.07, 6.45) is 1.72. The van der Waals surface area contributed by atoms with E-state index in [9.17, 15) is 13.6 Å². The van der Waals surface area contributed by atoms with Gasteiger partial charge in [0.15, 0.2) is 0 Å². The van der Waals surface area contributed by atoms with E-state index in [0.29, 0.717) is 17.9 Å². The van der Waals surface area contributed by atoms with Crippen LogP contribution in [0.25, 0.3) is 16.7 Å². The Hall–Kier alpha value is -3.94. The Morgan fingerprint density at radius 1 is 1.00 bits per heavy atom. The molecule has 0 spiro atoms. The van der Waals surface area contributed by atoms with E-state index in [0.717, 1.165) is 22.3 Å². The molecule has 170 valence electrons. The molecule has 6 nitrogen and oxygen atoms in total. The minimum Gasteiger partial charge on any atom is -0.489 e. The highest BCUT2D eigenvalue weighted by molar-refractivity contribution is 5.97. The quantitative estimate of drug-likeness (QED) is 0.393. The van der Waals surface area contributed by atoms with Crippen molar-refractivity contribution in [1.29, 1.82) is 0 Å². The highest BCUT2D eigenvalue weighted by Gasteiger charge is 2.11. The van der Waals surface area contributed by atoms with Crippen molar-refractivity contribution in [3.05, 3.63) is 84.2 Å². The van der Waals surface area contributed by atoms with Gasteiger partial charge in [-0.15, -0.1) is 0 Å². The number of amides is 1. The van der Waals surface area contributed by atoms with E-state index in [2.05, 4.69) is 15.0 Å². The first-order chi connectivity index (χ1) is 15.9. The first-order valence-corrected chi connectivity index (χ1v) is 10.4. The van der Waals surface area contributed by atoms with Gasteiger partial charge in [0.05, 0.1) is 11.0 Å². The molecule has 0 aliphatic carbocycles. The second-order valence-electron chi connectivity index (χ2n) is 7.75. The average molecular weight is 451 g/mol. The molecule has 0 atom stereocenters. The lowest BCUT2D eigenvalue weighted by Crippen LogP contribution is -2.29. The fraction of sp³-hybridized carbons (Fsp3) is 0.200. The van der Waals surface area contributed by atoms with Crippen LogP contribution >= 0.6 is 0 Å². The van der Waals surface area contributed by atoms with Crippen LogP contribution < -0.4 is 14.8 Å². The number of benzene rings is 3. The van der Waals surface area contributed by atoms with E-state index in [1.807, 2.05) is 48.7 Å². The first kappa shape index (κ1) is 22.3. The number of carbonyl (C=O) groups is 1. The van der Waals surface area contributed by atoms with E-state index in [1.165, 1.54) is 12.1 Å². The van der Waals surface area contributed by atoms with Gasteiger partial charge in [0.25, 0.3) is 5.91 Å². The Morgan fingerprint density at radius 3 is 2.36 bits per heavy atom. The van der Waals surface area contributed by atoms with Crippen molar-refractivity contribution in [2.75, 3.05) is 0 Å². The number of imidazole rings is 1. The fourth-order valence-electron chi connectivity index (χ4n) is 3.34. The SMILES string of the molecule is CC(C)NC(=O)c1ccc2c(c1)ncn2-c1ccc(OCc2ccc(OC(F)F)cc2)cc1. The van der Waals surface area contributed by atoms with Gasteiger partial charge in [-0.2, -0.15) is 8.78 Å². The predicted molar refractivity (Wildman–Crippen MR) is 121 cm³/mol. The van der Waals surface area contributed by atoms with Gasteiger partial charge in [0, 0.05) is 17.3 Å². The molecule has 33 heavy (non-hydrogen) atoms. The van der Waals surface area contributed by atoms with E-state index >= 15 is 0 Å². The number of rotatable bonds is 8. The third-order valence-electron chi connectivity index (χ3n) is 4.90. The normalized spacial score (nSPS) is 11.2. The second-order valence-corrected chi connectivity index (χ2v) is 7.75. The third kappa shape index (κ3) is 5.46. The van der Waals surface area contributed by atoms with Crippen LogP contribution in [0.2, 0.25) is 0 Å². The number of aromatic nitrogens is 2. The molecule has 0 aliphatic rings. The minimum absolute atomic E-state index is 0.0605. The largest absolute Gasteiger partial charge is 0.489 e. The molecular weight excluding hydrogens is 428 g/mol.